The molecule has 4 rings (SSSR count). The Balaban J connectivity index is -0.0000000696. The van der Waals surface area contributed by atoms with E-state index in [1.54, 1.807) is 0 Å². The van der Waals surface area contributed by atoms with E-state index in [2.05, 4.69) is 0 Å². The van der Waals surface area contributed by atoms with E-state index in [4.69, 9.17) is 37.9 Å². The predicted molar refractivity (Wildman–Crippen MR) is 337 cm³/mol. The molecule has 0 saturated heterocycles. The maximum absolute atomic E-state index is 11.7. The zero-order chi connectivity index (χ0) is 48.8. The molecule has 0 unspecified atom stereocenters. The topological polar surface area (TPSA) is 142 Å². The average Bonchev–Trinajstić information content (AvgIpc) is 3.97. The highest BCUT2D eigenvalue weighted by molar-refractivity contribution is 5.76. The summed E-state index contributed by atoms with van der Waals surface area (Å²) in [5, 5.41) is 0. The second-order valence-electron chi connectivity index (χ2n) is 21.4. The third kappa shape index (κ3) is 46.1. The van der Waals surface area contributed by atoms with Gasteiger partial charge in [-0.05, 0) is 144 Å². The lowest BCUT2D eigenvalue weighted by atomic mass is 9.90. The van der Waals surface area contributed by atoms with Crippen LogP contribution >= 0.6 is 0 Å². The van der Waals surface area contributed by atoms with Gasteiger partial charge in [0.05, 0.1) is 47.1 Å². The van der Waals surface area contributed by atoms with Gasteiger partial charge in [0.15, 0.2) is 27.2 Å². The molecule has 0 amide bonds. The SMILES string of the molecule is C.C.C.C.C.C.C.C.C.C.C.C.CCC(C)(C)C(=O)OCOC1CCCC1.CCC(C)(C)C(=O)OCOC1CCCCCC1.CCC(C)(C)C(=O)OCOCC1CCCC1.CCC(C)(C)C(=O)OCOCC1CCCCC1. The molecule has 0 aromatic rings. The van der Waals surface area contributed by atoms with Gasteiger partial charge in [0.2, 0.25) is 0 Å². The molecular formula is C65H146O12. The van der Waals surface area contributed by atoms with Crippen molar-refractivity contribution < 1.29 is 57.1 Å². The molecule has 4 saturated carbocycles. The van der Waals surface area contributed by atoms with Crippen LogP contribution in [-0.2, 0) is 57.1 Å². The zero-order valence-corrected chi connectivity index (χ0v) is 43.7. The molecule has 0 radical (unpaired) electrons. The zero-order valence-electron chi connectivity index (χ0n) is 43.7. The molecule has 12 heteroatoms. The Kier molecular flexibility index (Phi) is 76.4. The normalized spacial score (nSPS) is 15.3. The molecule has 4 aliphatic rings. The molecule has 0 spiro atoms. The van der Waals surface area contributed by atoms with Crippen LogP contribution in [0.2, 0.25) is 0 Å². The lowest BCUT2D eigenvalue weighted by Crippen LogP contribution is -2.27. The molecule has 0 atom stereocenters. The van der Waals surface area contributed by atoms with Gasteiger partial charge in [-0.3, -0.25) is 19.2 Å². The van der Waals surface area contributed by atoms with Gasteiger partial charge in [-0.1, -0.05) is 187 Å². The quantitative estimate of drug-likeness (QED) is 0.0335. The van der Waals surface area contributed by atoms with Crippen molar-refractivity contribution >= 4 is 23.9 Å². The lowest BCUT2D eigenvalue weighted by molar-refractivity contribution is -0.172. The lowest BCUT2D eigenvalue weighted by Gasteiger charge is -2.23. The van der Waals surface area contributed by atoms with Crippen LogP contribution in [-0.4, -0.2) is 76.5 Å². The van der Waals surface area contributed by atoms with Crippen molar-refractivity contribution in [1.29, 1.82) is 0 Å². The largest absolute Gasteiger partial charge is 0.438 e. The van der Waals surface area contributed by atoms with E-state index >= 15 is 0 Å². The smallest absolute Gasteiger partial charge is 0.313 e. The molecule has 0 aliphatic heterocycles. The van der Waals surface area contributed by atoms with Crippen LogP contribution in [0.4, 0.5) is 0 Å². The monoisotopic (exact) mass is 1120 g/mol. The van der Waals surface area contributed by atoms with E-state index in [0.29, 0.717) is 17.9 Å². The van der Waals surface area contributed by atoms with Crippen LogP contribution in [0.15, 0.2) is 0 Å². The Hall–Kier alpha value is -2.28. The van der Waals surface area contributed by atoms with E-state index in [1.807, 2.05) is 83.1 Å². The highest BCUT2D eigenvalue weighted by atomic mass is 16.7. The first-order valence-electron chi connectivity index (χ1n) is 25.8. The van der Waals surface area contributed by atoms with Crippen molar-refractivity contribution in [3.05, 3.63) is 0 Å². The second kappa shape index (κ2) is 57.0. The van der Waals surface area contributed by atoms with Crippen LogP contribution in [0.5, 0.6) is 0 Å². The summed E-state index contributed by atoms with van der Waals surface area (Å²) < 4.78 is 42.4. The third-order valence-electron chi connectivity index (χ3n) is 14.3. The fourth-order valence-corrected chi connectivity index (χ4v) is 7.34. The Morgan fingerprint density at radius 2 is 0.506 bits per heavy atom. The number of hydrogen-bond acceptors (Lipinski definition) is 12. The van der Waals surface area contributed by atoms with Crippen molar-refractivity contribution in [2.24, 2.45) is 33.5 Å². The highest BCUT2D eigenvalue weighted by Gasteiger charge is 2.30. The molecule has 0 aromatic carbocycles. The van der Waals surface area contributed by atoms with E-state index in [1.165, 1.54) is 96.3 Å². The van der Waals surface area contributed by atoms with Gasteiger partial charge < -0.3 is 37.9 Å². The molecule has 0 N–H and O–H groups in total. The van der Waals surface area contributed by atoms with E-state index in [0.717, 1.165) is 64.6 Å². The summed E-state index contributed by atoms with van der Waals surface area (Å²) in [6.07, 6.45) is 27.4. The maximum atomic E-state index is 11.7. The molecule has 478 valence electrons. The summed E-state index contributed by atoms with van der Waals surface area (Å²) in [7, 11) is 0. The van der Waals surface area contributed by atoms with E-state index < -0.39 is 16.2 Å². The van der Waals surface area contributed by atoms with Crippen molar-refractivity contribution in [2.75, 3.05) is 40.4 Å². The van der Waals surface area contributed by atoms with Crippen LogP contribution in [0.1, 0.15) is 320 Å². The number of carbonyl (C=O) groups is 4. The Morgan fingerprint density at radius 1 is 0.312 bits per heavy atom. The van der Waals surface area contributed by atoms with Crippen LogP contribution in [0.25, 0.3) is 0 Å². The molecule has 4 aliphatic carbocycles. The first kappa shape index (κ1) is 103. The summed E-state index contributed by atoms with van der Waals surface area (Å²) in [6, 6.07) is 0. The van der Waals surface area contributed by atoms with Gasteiger partial charge in [-0.25, -0.2) is 0 Å². The summed E-state index contributed by atoms with van der Waals surface area (Å²) >= 11 is 0. The number of carbonyl (C=O) groups excluding carboxylic acids is 4. The Morgan fingerprint density at radius 3 is 0.753 bits per heavy atom. The fourth-order valence-electron chi connectivity index (χ4n) is 7.34. The van der Waals surface area contributed by atoms with E-state index in [-0.39, 0.29) is 152 Å². The molecule has 4 fully saturated rings. The van der Waals surface area contributed by atoms with Gasteiger partial charge in [-0.2, -0.15) is 0 Å². The minimum absolute atomic E-state index is 0. The van der Waals surface area contributed by atoms with Crippen LogP contribution < -0.4 is 0 Å². The van der Waals surface area contributed by atoms with Gasteiger partial charge >= 0.3 is 23.9 Å². The first-order valence-corrected chi connectivity index (χ1v) is 25.8. The first-order chi connectivity index (χ1) is 30.7. The molecule has 12 nitrogen and oxygen atoms in total. The number of hydrogen-bond donors (Lipinski definition) is 0. The van der Waals surface area contributed by atoms with Gasteiger partial charge in [-0.15, -0.1) is 0 Å². The van der Waals surface area contributed by atoms with Crippen LogP contribution in [0, 0.1) is 33.5 Å². The van der Waals surface area contributed by atoms with Gasteiger partial charge in [0, 0.05) is 0 Å². The number of ether oxygens (including phenoxy) is 8. The number of esters is 4. The van der Waals surface area contributed by atoms with Crippen molar-refractivity contribution in [2.45, 2.75) is 332 Å². The third-order valence-corrected chi connectivity index (χ3v) is 14.3. The van der Waals surface area contributed by atoms with Crippen molar-refractivity contribution in [3.8, 4) is 0 Å². The van der Waals surface area contributed by atoms with E-state index in [9.17, 15) is 19.2 Å². The predicted octanol–water partition coefficient (Wildman–Crippen LogP) is 20.8. The van der Waals surface area contributed by atoms with Gasteiger partial charge in [0.1, 0.15) is 0 Å². The van der Waals surface area contributed by atoms with Crippen molar-refractivity contribution in [1.82, 2.24) is 0 Å². The highest BCUT2D eigenvalue weighted by Crippen LogP contribution is 2.28. The Labute approximate surface area is 485 Å². The summed E-state index contributed by atoms with van der Waals surface area (Å²) in [5.74, 6) is 0.696. The second-order valence-corrected chi connectivity index (χ2v) is 21.4. The Bertz CT molecular complexity index is 1270. The summed E-state index contributed by atoms with van der Waals surface area (Å²) in [5.41, 5.74) is -1.57. The van der Waals surface area contributed by atoms with Gasteiger partial charge in [0.25, 0.3) is 0 Å². The molecule has 0 aromatic heterocycles. The minimum atomic E-state index is -0.396. The summed E-state index contributed by atoms with van der Waals surface area (Å²) in [6.45, 7) is 25.1. The maximum Gasteiger partial charge on any atom is 0.313 e. The molecule has 0 bridgehead atoms. The number of rotatable bonds is 22. The molecule has 0 heterocycles. The van der Waals surface area contributed by atoms with Crippen LogP contribution in [0.3, 0.4) is 0 Å². The molecular weight excluding hydrogens is 973 g/mol. The minimum Gasteiger partial charge on any atom is -0.438 e. The standard InChI is InChI=1S/2C14H26O3.C13H24O3.C12H22O3.12CH4/c1-4-14(2,3)13(15)17-11-16-10-12-8-6-5-7-9-12;1-4-14(2,3)13(15)17-11-16-12-9-7-5-6-8-10-12;1-4-13(2,3)12(14)16-10-15-9-11-7-5-6-8-11;1-4-12(2,3)11(13)15-9-14-10-7-5-6-8-10;;;;;;;;;;;;/h2*12H,4-11H2,1-3H3;11H,4-10H2,1-3H3;10H,4-9H2,1-3H3;12*1H4. The average molecular weight is 1120 g/mol. The molecule has 77 heavy (non-hydrogen) atoms. The summed E-state index contributed by atoms with van der Waals surface area (Å²) in [4.78, 5) is 46.5. The van der Waals surface area contributed by atoms with Crippen molar-refractivity contribution in [3.63, 3.8) is 0 Å². The fraction of sp³-hybridized carbons (Fsp3) is 0.938.